The van der Waals surface area contributed by atoms with Crippen LogP contribution in [0.15, 0.2) is 18.5 Å². The Bertz CT molecular complexity index is 724. The SMILES string of the molecule is COCOc1ccc2c(c1CNCc1ncnn1C(C)(C)C)OCO2. The average molecular weight is 348 g/mol. The molecule has 1 aromatic carbocycles. The predicted octanol–water partition coefficient (Wildman–Crippen LogP) is 2.03. The van der Waals surface area contributed by atoms with E-state index in [2.05, 4.69) is 36.2 Å². The average Bonchev–Trinajstić information content (AvgIpc) is 3.22. The van der Waals surface area contributed by atoms with Crippen LogP contribution in [0.5, 0.6) is 17.2 Å². The van der Waals surface area contributed by atoms with Crippen molar-refractivity contribution in [3.8, 4) is 17.2 Å². The fourth-order valence-electron chi connectivity index (χ4n) is 2.68. The van der Waals surface area contributed by atoms with Crippen LogP contribution in [-0.4, -0.2) is 35.5 Å². The number of aromatic nitrogens is 3. The maximum absolute atomic E-state index is 5.65. The molecular weight excluding hydrogens is 324 g/mol. The topological polar surface area (TPSA) is 79.7 Å². The van der Waals surface area contributed by atoms with Crippen LogP contribution in [0.2, 0.25) is 0 Å². The minimum Gasteiger partial charge on any atom is -0.467 e. The summed E-state index contributed by atoms with van der Waals surface area (Å²) < 4.78 is 23.6. The third kappa shape index (κ3) is 3.85. The van der Waals surface area contributed by atoms with Gasteiger partial charge in [-0.3, -0.25) is 0 Å². The smallest absolute Gasteiger partial charge is 0.231 e. The molecule has 1 aromatic heterocycles. The molecule has 1 N–H and O–H groups in total. The summed E-state index contributed by atoms with van der Waals surface area (Å²) in [7, 11) is 1.59. The number of hydrogen-bond acceptors (Lipinski definition) is 7. The Balaban J connectivity index is 1.73. The zero-order valence-corrected chi connectivity index (χ0v) is 15.0. The molecule has 0 saturated heterocycles. The van der Waals surface area contributed by atoms with Gasteiger partial charge in [-0.15, -0.1) is 0 Å². The molecule has 2 aromatic rings. The lowest BCUT2D eigenvalue weighted by atomic mass is 10.1. The van der Waals surface area contributed by atoms with Gasteiger partial charge in [0, 0.05) is 13.7 Å². The summed E-state index contributed by atoms with van der Waals surface area (Å²) in [6.45, 7) is 7.79. The molecule has 0 atom stereocenters. The van der Waals surface area contributed by atoms with Gasteiger partial charge in [0.05, 0.1) is 17.6 Å². The van der Waals surface area contributed by atoms with Gasteiger partial charge in [-0.25, -0.2) is 9.67 Å². The Kier molecular flexibility index (Phi) is 5.10. The molecule has 8 heteroatoms. The van der Waals surface area contributed by atoms with Crippen molar-refractivity contribution in [1.29, 1.82) is 0 Å². The number of nitrogens with zero attached hydrogens (tertiary/aromatic N) is 3. The third-order valence-corrected chi connectivity index (χ3v) is 3.77. The van der Waals surface area contributed by atoms with Gasteiger partial charge in [-0.05, 0) is 32.9 Å². The van der Waals surface area contributed by atoms with E-state index in [0.29, 0.717) is 24.6 Å². The summed E-state index contributed by atoms with van der Waals surface area (Å²) >= 11 is 0. The van der Waals surface area contributed by atoms with E-state index in [9.17, 15) is 0 Å². The van der Waals surface area contributed by atoms with Gasteiger partial charge in [-0.2, -0.15) is 5.10 Å². The van der Waals surface area contributed by atoms with Crippen LogP contribution < -0.4 is 19.5 Å². The van der Waals surface area contributed by atoms with E-state index in [4.69, 9.17) is 18.9 Å². The van der Waals surface area contributed by atoms with Crippen LogP contribution in [0.1, 0.15) is 32.2 Å². The number of rotatable bonds is 7. The van der Waals surface area contributed by atoms with Crippen molar-refractivity contribution < 1.29 is 18.9 Å². The molecule has 8 nitrogen and oxygen atoms in total. The van der Waals surface area contributed by atoms with Gasteiger partial charge < -0.3 is 24.3 Å². The van der Waals surface area contributed by atoms with Gasteiger partial charge in [0.15, 0.2) is 18.3 Å². The Hall–Kier alpha value is -2.32. The second-order valence-electron chi connectivity index (χ2n) is 6.69. The van der Waals surface area contributed by atoms with Gasteiger partial charge in [0.1, 0.15) is 17.9 Å². The van der Waals surface area contributed by atoms with Crippen LogP contribution in [0, 0.1) is 0 Å². The quantitative estimate of drug-likeness (QED) is 0.767. The minimum atomic E-state index is -0.120. The summed E-state index contributed by atoms with van der Waals surface area (Å²) in [5.74, 6) is 3.00. The van der Waals surface area contributed by atoms with Gasteiger partial charge in [0.25, 0.3) is 0 Å². The Morgan fingerprint density at radius 2 is 2.08 bits per heavy atom. The van der Waals surface area contributed by atoms with Gasteiger partial charge in [-0.1, -0.05) is 0 Å². The van der Waals surface area contributed by atoms with E-state index in [0.717, 1.165) is 17.1 Å². The fourth-order valence-corrected chi connectivity index (χ4v) is 2.68. The van der Waals surface area contributed by atoms with Crippen LogP contribution in [0.3, 0.4) is 0 Å². The lowest BCUT2D eigenvalue weighted by Crippen LogP contribution is -2.28. The highest BCUT2D eigenvalue weighted by molar-refractivity contribution is 5.55. The number of ether oxygens (including phenoxy) is 4. The molecule has 0 radical (unpaired) electrons. The summed E-state index contributed by atoms with van der Waals surface area (Å²) in [4.78, 5) is 4.34. The number of nitrogens with one attached hydrogen (secondary N) is 1. The lowest BCUT2D eigenvalue weighted by molar-refractivity contribution is 0.0501. The summed E-state index contributed by atoms with van der Waals surface area (Å²) in [5, 5.41) is 7.69. The first kappa shape index (κ1) is 17.5. The molecule has 1 aliphatic rings. The predicted molar refractivity (Wildman–Crippen MR) is 90.6 cm³/mol. The first-order chi connectivity index (χ1) is 12.0. The highest BCUT2D eigenvalue weighted by atomic mass is 16.7. The summed E-state index contributed by atoms with van der Waals surface area (Å²) in [5.41, 5.74) is 0.777. The van der Waals surface area contributed by atoms with E-state index < -0.39 is 0 Å². The summed E-state index contributed by atoms with van der Waals surface area (Å²) in [6, 6.07) is 3.70. The van der Waals surface area contributed by atoms with Crippen molar-refractivity contribution in [2.24, 2.45) is 0 Å². The van der Waals surface area contributed by atoms with Crippen LogP contribution in [0.25, 0.3) is 0 Å². The van der Waals surface area contributed by atoms with Crippen molar-refractivity contribution in [3.63, 3.8) is 0 Å². The van der Waals surface area contributed by atoms with Crippen molar-refractivity contribution in [1.82, 2.24) is 20.1 Å². The minimum absolute atomic E-state index is 0.120. The third-order valence-electron chi connectivity index (χ3n) is 3.77. The zero-order valence-electron chi connectivity index (χ0n) is 15.0. The molecule has 0 saturated carbocycles. The second kappa shape index (κ2) is 7.28. The molecule has 0 amide bonds. The van der Waals surface area contributed by atoms with E-state index in [1.54, 1.807) is 13.4 Å². The maximum Gasteiger partial charge on any atom is 0.231 e. The van der Waals surface area contributed by atoms with Crippen LogP contribution in [0.4, 0.5) is 0 Å². The van der Waals surface area contributed by atoms with Gasteiger partial charge >= 0.3 is 0 Å². The van der Waals surface area contributed by atoms with E-state index in [-0.39, 0.29) is 19.1 Å². The van der Waals surface area contributed by atoms with Crippen LogP contribution >= 0.6 is 0 Å². The number of fused-ring (bicyclic) bond motifs is 1. The largest absolute Gasteiger partial charge is 0.467 e. The number of hydrogen-bond donors (Lipinski definition) is 1. The first-order valence-corrected chi connectivity index (χ1v) is 8.14. The molecular formula is C17H24N4O4. The van der Waals surface area contributed by atoms with Crippen molar-refractivity contribution in [3.05, 3.63) is 29.8 Å². The molecule has 3 rings (SSSR count). The zero-order chi connectivity index (χ0) is 17.9. The standard InChI is InChI=1S/C17H24N4O4/c1-17(2,3)21-15(19-9-20-21)8-18-7-12-13(23-10-22-4)5-6-14-16(12)25-11-24-14/h5-6,9,18H,7-8,10-11H2,1-4H3. The second-order valence-corrected chi connectivity index (χ2v) is 6.69. The highest BCUT2D eigenvalue weighted by Gasteiger charge is 2.22. The normalized spacial score (nSPS) is 13.3. The molecule has 2 heterocycles. The molecule has 0 unspecified atom stereocenters. The van der Waals surface area contributed by atoms with E-state index in [1.165, 1.54) is 0 Å². The Morgan fingerprint density at radius 1 is 1.24 bits per heavy atom. The lowest BCUT2D eigenvalue weighted by Gasteiger charge is -2.21. The monoisotopic (exact) mass is 348 g/mol. The molecule has 136 valence electrons. The molecule has 1 aliphatic heterocycles. The molecule has 0 bridgehead atoms. The number of benzene rings is 1. The molecule has 25 heavy (non-hydrogen) atoms. The van der Waals surface area contributed by atoms with Crippen molar-refractivity contribution >= 4 is 0 Å². The molecule has 0 fully saturated rings. The van der Waals surface area contributed by atoms with Gasteiger partial charge in [0.2, 0.25) is 6.79 Å². The maximum atomic E-state index is 5.65. The molecule has 0 aliphatic carbocycles. The van der Waals surface area contributed by atoms with E-state index >= 15 is 0 Å². The van der Waals surface area contributed by atoms with Crippen LogP contribution in [-0.2, 0) is 23.4 Å². The summed E-state index contributed by atoms with van der Waals surface area (Å²) in [6.07, 6.45) is 1.58. The van der Waals surface area contributed by atoms with Crippen molar-refractivity contribution in [2.45, 2.75) is 39.4 Å². The Morgan fingerprint density at radius 3 is 2.84 bits per heavy atom. The van der Waals surface area contributed by atoms with Crippen molar-refractivity contribution in [2.75, 3.05) is 20.7 Å². The fraction of sp³-hybridized carbons (Fsp3) is 0.529. The Labute approximate surface area is 147 Å². The van der Waals surface area contributed by atoms with E-state index in [1.807, 2.05) is 16.8 Å². The molecule has 0 spiro atoms. The first-order valence-electron chi connectivity index (χ1n) is 8.14. The number of methoxy groups -OCH3 is 1. The highest BCUT2D eigenvalue weighted by Crippen LogP contribution is 2.40.